The third kappa shape index (κ3) is 3.78. The zero-order valence-electron chi connectivity index (χ0n) is 13.8. The Morgan fingerprint density at radius 1 is 1.00 bits per heavy atom. The maximum Gasteiger partial charge on any atom is 0.278 e. The van der Waals surface area contributed by atoms with E-state index in [-0.39, 0.29) is 23.8 Å². The van der Waals surface area contributed by atoms with Gasteiger partial charge in [-0.25, -0.2) is 9.07 Å². The van der Waals surface area contributed by atoms with Gasteiger partial charge in [0.25, 0.3) is 11.4 Å². The molecule has 0 saturated heterocycles. The van der Waals surface area contributed by atoms with E-state index in [2.05, 4.69) is 15.2 Å². The fraction of sp³-hybridized carbons (Fsp3) is 0.0526. The smallest absolute Gasteiger partial charge is 0.278 e. The first kappa shape index (κ1) is 17.1. The van der Waals surface area contributed by atoms with Crippen molar-refractivity contribution in [3.8, 4) is 23.0 Å². The molecule has 0 fully saturated rings. The Balaban J connectivity index is 1.64. The molecule has 0 amide bonds. The van der Waals surface area contributed by atoms with Crippen LogP contribution in [0.15, 0.2) is 70.0 Å². The highest BCUT2D eigenvalue weighted by Gasteiger charge is 2.13. The Morgan fingerprint density at radius 2 is 1.74 bits per heavy atom. The standard InChI is InChI=1S/C19H12ClFN4O2/c20-14-5-1-12(2-6-14)11-25-17(26)10-9-16(23-25)19-22-18(24-27-19)13-3-7-15(21)8-4-13/h1-10H,11H2. The summed E-state index contributed by atoms with van der Waals surface area (Å²) in [5, 5.41) is 8.80. The summed E-state index contributed by atoms with van der Waals surface area (Å²) in [4.78, 5) is 16.4. The third-order valence-corrected chi connectivity index (χ3v) is 4.11. The summed E-state index contributed by atoms with van der Waals surface area (Å²) in [5.74, 6) is 0.125. The van der Waals surface area contributed by atoms with Crippen molar-refractivity contribution in [3.63, 3.8) is 0 Å². The number of benzene rings is 2. The third-order valence-electron chi connectivity index (χ3n) is 3.86. The Hall–Kier alpha value is -3.32. The van der Waals surface area contributed by atoms with Crippen LogP contribution in [0, 0.1) is 5.82 Å². The van der Waals surface area contributed by atoms with E-state index in [0.29, 0.717) is 22.1 Å². The van der Waals surface area contributed by atoms with Crippen LogP contribution in [0.5, 0.6) is 0 Å². The van der Waals surface area contributed by atoms with Gasteiger partial charge in [0.2, 0.25) is 5.82 Å². The van der Waals surface area contributed by atoms with Gasteiger partial charge in [-0.3, -0.25) is 4.79 Å². The SMILES string of the molecule is O=c1ccc(-c2nc(-c3ccc(F)cc3)no2)nn1Cc1ccc(Cl)cc1. The van der Waals surface area contributed by atoms with E-state index in [1.165, 1.54) is 28.9 Å². The molecule has 0 bridgehead atoms. The molecule has 0 unspecified atom stereocenters. The summed E-state index contributed by atoms with van der Waals surface area (Å²) >= 11 is 5.88. The molecule has 2 aromatic carbocycles. The van der Waals surface area contributed by atoms with Crippen molar-refractivity contribution in [2.75, 3.05) is 0 Å². The molecule has 0 radical (unpaired) electrons. The number of hydrogen-bond acceptors (Lipinski definition) is 5. The van der Waals surface area contributed by atoms with Crippen LogP contribution in [-0.2, 0) is 6.54 Å². The molecule has 0 aliphatic heterocycles. The largest absolute Gasteiger partial charge is 0.332 e. The van der Waals surface area contributed by atoms with Crippen LogP contribution in [-0.4, -0.2) is 19.9 Å². The topological polar surface area (TPSA) is 73.8 Å². The van der Waals surface area contributed by atoms with Crippen LogP contribution >= 0.6 is 11.6 Å². The minimum atomic E-state index is -0.349. The average molecular weight is 383 g/mol. The maximum atomic E-state index is 13.0. The quantitative estimate of drug-likeness (QED) is 0.536. The van der Waals surface area contributed by atoms with Gasteiger partial charge in [0.15, 0.2) is 0 Å². The Bertz CT molecular complexity index is 1140. The minimum Gasteiger partial charge on any atom is -0.332 e. The molecule has 134 valence electrons. The average Bonchev–Trinajstić information content (AvgIpc) is 3.16. The van der Waals surface area contributed by atoms with Gasteiger partial charge in [-0.2, -0.15) is 10.1 Å². The first-order valence-electron chi connectivity index (χ1n) is 8.01. The summed E-state index contributed by atoms with van der Waals surface area (Å²) in [6.45, 7) is 0.281. The highest BCUT2D eigenvalue weighted by molar-refractivity contribution is 6.30. The molecular formula is C19H12ClFN4O2. The number of aromatic nitrogens is 4. The number of nitrogens with zero attached hydrogens (tertiary/aromatic N) is 4. The number of hydrogen-bond donors (Lipinski definition) is 0. The Labute approximate surface area is 157 Å². The molecule has 6 nitrogen and oxygen atoms in total. The van der Waals surface area contributed by atoms with Crippen molar-refractivity contribution in [3.05, 3.63) is 87.4 Å². The molecule has 4 aromatic rings. The van der Waals surface area contributed by atoms with Crippen LogP contribution in [0.2, 0.25) is 5.02 Å². The summed E-state index contributed by atoms with van der Waals surface area (Å²) in [7, 11) is 0. The lowest BCUT2D eigenvalue weighted by Crippen LogP contribution is -2.22. The first-order valence-corrected chi connectivity index (χ1v) is 8.39. The van der Waals surface area contributed by atoms with Gasteiger partial charge in [0, 0.05) is 16.7 Å². The van der Waals surface area contributed by atoms with Crippen molar-refractivity contribution in [2.24, 2.45) is 0 Å². The molecule has 4 rings (SSSR count). The highest BCUT2D eigenvalue weighted by atomic mass is 35.5. The van der Waals surface area contributed by atoms with Crippen molar-refractivity contribution in [1.82, 2.24) is 19.9 Å². The molecule has 8 heteroatoms. The molecule has 0 aliphatic rings. The second-order valence-corrected chi connectivity index (χ2v) is 6.21. The van der Waals surface area contributed by atoms with Crippen LogP contribution in [0.1, 0.15) is 5.56 Å². The van der Waals surface area contributed by atoms with E-state index in [4.69, 9.17) is 16.1 Å². The van der Waals surface area contributed by atoms with Crippen LogP contribution < -0.4 is 5.56 Å². The lowest BCUT2D eigenvalue weighted by atomic mass is 10.2. The Kier molecular flexibility index (Phi) is 4.52. The second kappa shape index (κ2) is 7.13. The fourth-order valence-corrected chi connectivity index (χ4v) is 2.61. The second-order valence-electron chi connectivity index (χ2n) is 5.77. The molecule has 0 N–H and O–H groups in total. The van der Waals surface area contributed by atoms with E-state index >= 15 is 0 Å². The highest BCUT2D eigenvalue weighted by Crippen LogP contribution is 2.20. The molecule has 2 heterocycles. The minimum absolute atomic E-state index is 0.166. The van der Waals surface area contributed by atoms with Crippen molar-refractivity contribution < 1.29 is 8.91 Å². The lowest BCUT2D eigenvalue weighted by molar-refractivity contribution is 0.429. The number of halogens is 2. The van der Waals surface area contributed by atoms with Crippen LogP contribution in [0.25, 0.3) is 23.0 Å². The van der Waals surface area contributed by atoms with E-state index in [0.717, 1.165) is 5.56 Å². The molecule has 0 atom stereocenters. The summed E-state index contributed by atoms with van der Waals surface area (Å²) in [5.41, 5.74) is 1.60. The fourth-order valence-electron chi connectivity index (χ4n) is 2.48. The van der Waals surface area contributed by atoms with Crippen molar-refractivity contribution >= 4 is 11.6 Å². The van der Waals surface area contributed by atoms with Crippen LogP contribution in [0.3, 0.4) is 0 Å². The zero-order chi connectivity index (χ0) is 18.8. The molecular weight excluding hydrogens is 371 g/mol. The normalized spacial score (nSPS) is 10.9. The predicted octanol–water partition coefficient (Wildman–Crippen LogP) is 3.80. The van der Waals surface area contributed by atoms with Gasteiger partial charge in [-0.15, -0.1) is 0 Å². The lowest BCUT2D eigenvalue weighted by Gasteiger charge is -2.05. The first-order chi connectivity index (χ1) is 13.1. The van der Waals surface area contributed by atoms with E-state index < -0.39 is 0 Å². The summed E-state index contributed by atoms with van der Waals surface area (Å²) < 4.78 is 19.6. The summed E-state index contributed by atoms with van der Waals surface area (Å²) in [6.07, 6.45) is 0. The zero-order valence-corrected chi connectivity index (χ0v) is 14.6. The van der Waals surface area contributed by atoms with E-state index in [9.17, 15) is 9.18 Å². The Morgan fingerprint density at radius 3 is 2.48 bits per heavy atom. The van der Waals surface area contributed by atoms with Gasteiger partial charge < -0.3 is 4.52 Å². The van der Waals surface area contributed by atoms with Gasteiger partial charge in [0.05, 0.1) is 6.54 Å². The maximum absolute atomic E-state index is 13.0. The molecule has 0 saturated carbocycles. The van der Waals surface area contributed by atoms with Crippen molar-refractivity contribution in [2.45, 2.75) is 6.54 Å². The monoisotopic (exact) mass is 382 g/mol. The summed E-state index contributed by atoms with van der Waals surface area (Å²) in [6, 6.07) is 15.8. The predicted molar refractivity (Wildman–Crippen MR) is 97.7 cm³/mol. The van der Waals surface area contributed by atoms with E-state index in [1.807, 2.05) is 12.1 Å². The van der Waals surface area contributed by atoms with Gasteiger partial charge in [-0.05, 0) is 48.0 Å². The molecule has 0 spiro atoms. The molecule has 2 aromatic heterocycles. The van der Waals surface area contributed by atoms with Gasteiger partial charge in [-0.1, -0.05) is 28.9 Å². The molecule has 0 aliphatic carbocycles. The van der Waals surface area contributed by atoms with E-state index in [1.54, 1.807) is 24.3 Å². The molecule has 27 heavy (non-hydrogen) atoms. The van der Waals surface area contributed by atoms with Crippen molar-refractivity contribution in [1.29, 1.82) is 0 Å². The van der Waals surface area contributed by atoms with Gasteiger partial charge in [0.1, 0.15) is 11.5 Å². The number of rotatable bonds is 4. The van der Waals surface area contributed by atoms with Crippen LogP contribution in [0.4, 0.5) is 4.39 Å². The van der Waals surface area contributed by atoms with Gasteiger partial charge >= 0.3 is 0 Å².